The van der Waals surface area contributed by atoms with Crippen LogP contribution in [0.1, 0.15) is 29.8 Å². The van der Waals surface area contributed by atoms with Crippen LogP contribution >= 0.6 is 0 Å². The molecule has 0 radical (unpaired) electrons. The summed E-state index contributed by atoms with van der Waals surface area (Å²) in [6.45, 7) is 1.13. The highest BCUT2D eigenvalue weighted by atomic mass is 16.1. The number of hydrogen-bond acceptors (Lipinski definition) is 3. The minimum absolute atomic E-state index is 0.106. The van der Waals surface area contributed by atoms with Gasteiger partial charge in [0.15, 0.2) is 5.78 Å². The molecule has 0 aliphatic heterocycles. The fourth-order valence-electron chi connectivity index (χ4n) is 1.80. The Morgan fingerprint density at radius 1 is 1.62 bits per heavy atom. The van der Waals surface area contributed by atoms with Gasteiger partial charge in [0.05, 0.1) is 18.3 Å². The molecule has 1 aromatic rings. The average Bonchev–Trinajstić information content (AvgIpc) is 2.98. The van der Waals surface area contributed by atoms with Crippen LogP contribution in [-0.2, 0) is 0 Å². The summed E-state index contributed by atoms with van der Waals surface area (Å²) in [6, 6.07) is 6.26. The number of Topliss-reactive ketones (excluding diaryl/α,β-unsaturated/α-hetero) is 1. The molecule has 4 heteroatoms. The van der Waals surface area contributed by atoms with Crippen molar-refractivity contribution in [1.29, 1.82) is 5.26 Å². The second-order valence-corrected chi connectivity index (χ2v) is 4.12. The Balaban J connectivity index is 1.90. The van der Waals surface area contributed by atoms with Crippen LogP contribution in [0.25, 0.3) is 0 Å². The van der Waals surface area contributed by atoms with Gasteiger partial charge in [-0.2, -0.15) is 5.26 Å². The van der Waals surface area contributed by atoms with Gasteiger partial charge in [0.1, 0.15) is 0 Å². The van der Waals surface area contributed by atoms with Gasteiger partial charge in [-0.1, -0.05) is 0 Å². The van der Waals surface area contributed by atoms with Crippen LogP contribution in [0, 0.1) is 11.3 Å². The van der Waals surface area contributed by atoms with Crippen molar-refractivity contribution < 1.29 is 4.79 Å². The quantitative estimate of drug-likeness (QED) is 0.736. The zero-order valence-electron chi connectivity index (χ0n) is 9.15. The Kier molecular flexibility index (Phi) is 3.37. The van der Waals surface area contributed by atoms with Crippen LogP contribution in [0.15, 0.2) is 18.3 Å². The third-order valence-corrected chi connectivity index (χ3v) is 2.82. The number of carbonyl (C=O) groups excluding carboxylic acids is 1. The van der Waals surface area contributed by atoms with Crippen LogP contribution in [0.4, 0.5) is 0 Å². The molecule has 1 fully saturated rings. The van der Waals surface area contributed by atoms with E-state index in [1.165, 1.54) is 0 Å². The van der Waals surface area contributed by atoms with Crippen LogP contribution in [0.3, 0.4) is 0 Å². The Hall–Kier alpha value is -1.60. The highest BCUT2D eigenvalue weighted by Gasteiger charge is 2.30. The van der Waals surface area contributed by atoms with Gasteiger partial charge in [-0.15, -0.1) is 0 Å². The Labute approximate surface area is 94.9 Å². The zero-order valence-corrected chi connectivity index (χ0v) is 9.15. The number of nitrogens with one attached hydrogen (secondary N) is 1. The van der Waals surface area contributed by atoms with Crippen molar-refractivity contribution in [2.24, 2.45) is 0 Å². The molecular formula is C12H15N3O. The van der Waals surface area contributed by atoms with E-state index >= 15 is 0 Å². The fourth-order valence-corrected chi connectivity index (χ4v) is 1.80. The average molecular weight is 217 g/mol. The number of nitriles is 1. The molecule has 0 amide bonds. The number of aromatic nitrogens is 1. The predicted octanol–water partition coefficient (Wildman–Crippen LogP) is 1.58. The van der Waals surface area contributed by atoms with E-state index < -0.39 is 0 Å². The van der Waals surface area contributed by atoms with E-state index in [0.717, 1.165) is 12.8 Å². The van der Waals surface area contributed by atoms with Gasteiger partial charge in [0.25, 0.3) is 0 Å². The minimum atomic E-state index is 0.106. The molecule has 2 rings (SSSR count). The summed E-state index contributed by atoms with van der Waals surface area (Å²) in [4.78, 5) is 16.9. The van der Waals surface area contributed by atoms with Crippen LogP contribution in [0.2, 0.25) is 0 Å². The maximum absolute atomic E-state index is 11.9. The first kappa shape index (κ1) is 10.9. The summed E-state index contributed by atoms with van der Waals surface area (Å²) in [5.41, 5.74) is 0.655. The van der Waals surface area contributed by atoms with E-state index in [-0.39, 0.29) is 5.78 Å². The predicted molar refractivity (Wildman–Crippen MR) is 59.9 cm³/mol. The highest BCUT2D eigenvalue weighted by molar-refractivity contribution is 5.95. The molecule has 1 aromatic heterocycles. The maximum Gasteiger partial charge on any atom is 0.192 e. The summed E-state index contributed by atoms with van der Waals surface area (Å²) in [7, 11) is 0. The van der Waals surface area contributed by atoms with Crippen molar-refractivity contribution in [3.05, 3.63) is 24.0 Å². The van der Waals surface area contributed by atoms with E-state index in [1.807, 2.05) is 6.07 Å². The number of hydrogen-bond donors (Lipinski definition) is 1. The first-order chi connectivity index (χ1) is 7.81. The van der Waals surface area contributed by atoms with E-state index in [0.29, 0.717) is 31.2 Å². The molecule has 16 heavy (non-hydrogen) atoms. The van der Waals surface area contributed by atoms with Crippen LogP contribution in [-0.4, -0.2) is 34.8 Å². The second kappa shape index (κ2) is 4.95. The normalized spacial score (nSPS) is 15.0. The molecule has 1 aliphatic carbocycles. The number of ketones is 1. The van der Waals surface area contributed by atoms with Gasteiger partial charge < -0.3 is 4.98 Å². The zero-order chi connectivity index (χ0) is 11.4. The van der Waals surface area contributed by atoms with E-state index in [1.54, 1.807) is 12.3 Å². The number of carbonyl (C=O) groups is 1. The lowest BCUT2D eigenvalue weighted by atomic mass is 10.2. The van der Waals surface area contributed by atoms with E-state index in [2.05, 4.69) is 16.0 Å². The summed E-state index contributed by atoms with van der Waals surface area (Å²) >= 11 is 0. The molecule has 0 bridgehead atoms. The molecule has 0 atom stereocenters. The molecule has 1 N–H and O–H groups in total. The van der Waals surface area contributed by atoms with Crippen molar-refractivity contribution in [3.8, 4) is 6.07 Å². The number of aromatic amines is 1. The molecule has 84 valence electrons. The standard InChI is InChI=1S/C12H15N3O/c13-6-2-8-15(10-4-5-10)9-12(16)11-3-1-7-14-11/h1,3,7,10,14H,2,4-5,8-9H2. The van der Waals surface area contributed by atoms with Gasteiger partial charge >= 0.3 is 0 Å². The molecule has 1 saturated carbocycles. The summed E-state index contributed by atoms with van der Waals surface area (Å²) in [5.74, 6) is 0.106. The van der Waals surface area contributed by atoms with Crippen molar-refractivity contribution in [3.63, 3.8) is 0 Å². The lowest BCUT2D eigenvalue weighted by Crippen LogP contribution is -2.32. The summed E-state index contributed by atoms with van der Waals surface area (Å²) in [6.07, 6.45) is 4.56. The summed E-state index contributed by atoms with van der Waals surface area (Å²) in [5, 5.41) is 8.57. The topological polar surface area (TPSA) is 59.9 Å². The van der Waals surface area contributed by atoms with E-state index in [9.17, 15) is 4.79 Å². The van der Waals surface area contributed by atoms with E-state index in [4.69, 9.17) is 5.26 Å². The minimum Gasteiger partial charge on any atom is -0.359 e. The van der Waals surface area contributed by atoms with Gasteiger partial charge in [-0.05, 0) is 25.0 Å². The molecule has 4 nitrogen and oxygen atoms in total. The maximum atomic E-state index is 11.9. The van der Waals surface area contributed by atoms with Crippen molar-refractivity contribution in [2.45, 2.75) is 25.3 Å². The van der Waals surface area contributed by atoms with Gasteiger partial charge in [0, 0.05) is 25.2 Å². The lowest BCUT2D eigenvalue weighted by molar-refractivity contribution is 0.0922. The molecule has 0 spiro atoms. The van der Waals surface area contributed by atoms with Crippen molar-refractivity contribution in [1.82, 2.24) is 9.88 Å². The molecule has 0 aromatic carbocycles. The van der Waals surface area contributed by atoms with Crippen molar-refractivity contribution in [2.75, 3.05) is 13.1 Å². The highest BCUT2D eigenvalue weighted by Crippen LogP contribution is 2.26. The molecule has 0 saturated heterocycles. The Morgan fingerprint density at radius 2 is 2.44 bits per heavy atom. The SMILES string of the molecule is N#CCCN(CC(=O)c1ccc[nH]1)C1CC1. The fraction of sp³-hybridized carbons (Fsp3) is 0.500. The molecular weight excluding hydrogens is 202 g/mol. The summed E-state index contributed by atoms with van der Waals surface area (Å²) < 4.78 is 0. The Morgan fingerprint density at radius 3 is 3.00 bits per heavy atom. The lowest BCUT2D eigenvalue weighted by Gasteiger charge is -2.19. The second-order valence-electron chi connectivity index (χ2n) is 4.12. The van der Waals surface area contributed by atoms with Gasteiger partial charge in [-0.25, -0.2) is 0 Å². The largest absolute Gasteiger partial charge is 0.359 e. The van der Waals surface area contributed by atoms with Crippen LogP contribution < -0.4 is 0 Å². The molecule has 1 aliphatic rings. The van der Waals surface area contributed by atoms with Crippen LogP contribution in [0.5, 0.6) is 0 Å². The monoisotopic (exact) mass is 217 g/mol. The molecule has 1 heterocycles. The molecule has 0 unspecified atom stereocenters. The smallest absolute Gasteiger partial charge is 0.192 e. The Bertz CT molecular complexity index is 387. The van der Waals surface area contributed by atoms with Gasteiger partial charge in [0.2, 0.25) is 0 Å². The van der Waals surface area contributed by atoms with Gasteiger partial charge in [-0.3, -0.25) is 9.69 Å². The van der Waals surface area contributed by atoms with Crippen molar-refractivity contribution >= 4 is 5.78 Å². The number of nitrogens with zero attached hydrogens (tertiary/aromatic N) is 2. The number of rotatable bonds is 6. The third kappa shape index (κ3) is 2.71. The first-order valence-electron chi connectivity index (χ1n) is 5.59. The third-order valence-electron chi connectivity index (χ3n) is 2.82. The number of H-pyrrole nitrogens is 1. The first-order valence-corrected chi connectivity index (χ1v) is 5.59.